The van der Waals surface area contributed by atoms with Crippen LogP contribution in [0.3, 0.4) is 0 Å². The minimum atomic E-state index is -0.178. The molecule has 1 saturated heterocycles. The summed E-state index contributed by atoms with van der Waals surface area (Å²) in [6, 6.07) is 4.08. The molecule has 0 spiro atoms. The highest BCUT2D eigenvalue weighted by Crippen LogP contribution is 2.42. The van der Waals surface area contributed by atoms with Crippen LogP contribution in [0.2, 0.25) is 0 Å². The standard InChI is InChI=1S/C22H28N2O2S/c1-21(2,3)15-9-14(10-16(19(15)25)22(4,5)6)17-12-27-18(24-17)11-13-7-8-23-20(13)26/h9-12,25H,7-8H2,1-6H3,(H,23,26). The molecule has 2 heterocycles. The van der Waals surface area contributed by atoms with E-state index in [9.17, 15) is 9.90 Å². The monoisotopic (exact) mass is 384 g/mol. The van der Waals surface area contributed by atoms with Gasteiger partial charge in [0.05, 0.1) is 5.69 Å². The Morgan fingerprint density at radius 2 is 1.70 bits per heavy atom. The zero-order valence-electron chi connectivity index (χ0n) is 16.9. The molecule has 2 N–H and O–H groups in total. The summed E-state index contributed by atoms with van der Waals surface area (Å²) in [4.78, 5) is 16.5. The number of amides is 1. The number of thiazole rings is 1. The van der Waals surface area contributed by atoms with Gasteiger partial charge in [-0.15, -0.1) is 11.3 Å². The first-order valence-electron chi connectivity index (χ1n) is 9.29. The summed E-state index contributed by atoms with van der Waals surface area (Å²) in [5, 5.41) is 16.6. The number of aromatic hydroxyl groups is 1. The quantitative estimate of drug-likeness (QED) is 0.715. The van der Waals surface area contributed by atoms with Crippen molar-refractivity contribution in [2.75, 3.05) is 6.54 Å². The van der Waals surface area contributed by atoms with Crippen molar-refractivity contribution in [2.24, 2.45) is 0 Å². The number of benzene rings is 1. The fourth-order valence-corrected chi connectivity index (χ4v) is 4.02. The van der Waals surface area contributed by atoms with E-state index >= 15 is 0 Å². The highest BCUT2D eigenvalue weighted by molar-refractivity contribution is 7.10. The Kier molecular flexibility index (Phi) is 4.93. The average molecular weight is 385 g/mol. The smallest absolute Gasteiger partial charge is 0.247 e. The molecule has 2 aromatic rings. The first-order valence-corrected chi connectivity index (χ1v) is 10.2. The molecule has 1 fully saturated rings. The van der Waals surface area contributed by atoms with Gasteiger partial charge in [0.1, 0.15) is 10.8 Å². The van der Waals surface area contributed by atoms with Gasteiger partial charge < -0.3 is 10.4 Å². The van der Waals surface area contributed by atoms with Crippen LogP contribution in [-0.4, -0.2) is 22.5 Å². The summed E-state index contributed by atoms with van der Waals surface area (Å²) in [5.74, 6) is 0.375. The Labute approximate surface area is 165 Å². The maximum atomic E-state index is 11.8. The Hall–Kier alpha value is -2.14. The maximum absolute atomic E-state index is 11.8. The second-order valence-corrected chi connectivity index (χ2v) is 10.1. The van der Waals surface area contributed by atoms with Crippen molar-refractivity contribution in [1.82, 2.24) is 10.3 Å². The molecule has 0 saturated carbocycles. The topological polar surface area (TPSA) is 62.2 Å². The molecule has 4 nitrogen and oxygen atoms in total. The predicted molar refractivity (Wildman–Crippen MR) is 112 cm³/mol. The van der Waals surface area contributed by atoms with Gasteiger partial charge in [0.2, 0.25) is 5.91 Å². The Morgan fingerprint density at radius 1 is 1.11 bits per heavy atom. The Morgan fingerprint density at radius 3 is 2.19 bits per heavy atom. The lowest BCUT2D eigenvalue weighted by atomic mass is 9.78. The summed E-state index contributed by atoms with van der Waals surface area (Å²) in [6.45, 7) is 13.3. The van der Waals surface area contributed by atoms with E-state index in [2.05, 4.69) is 46.9 Å². The van der Waals surface area contributed by atoms with E-state index in [1.54, 1.807) is 0 Å². The lowest BCUT2D eigenvalue weighted by molar-refractivity contribution is -0.116. The number of nitrogens with one attached hydrogen (secondary N) is 1. The summed E-state index contributed by atoms with van der Waals surface area (Å²) >= 11 is 1.53. The average Bonchev–Trinajstić information content (AvgIpc) is 3.15. The number of carbonyl (C=O) groups excluding carboxylic acids is 1. The van der Waals surface area contributed by atoms with Gasteiger partial charge in [-0.3, -0.25) is 4.79 Å². The molecule has 1 aromatic heterocycles. The molecular weight excluding hydrogens is 356 g/mol. The third-order valence-electron chi connectivity index (χ3n) is 4.81. The van der Waals surface area contributed by atoms with Crippen LogP contribution in [-0.2, 0) is 15.6 Å². The van der Waals surface area contributed by atoms with E-state index in [1.165, 1.54) is 11.3 Å². The number of nitrogens with zero attached hydrogens (tertiary/aromatic N) is 1. The van der Waals surface area contributed by atoms with E-state index in [4.69, 9.17) is 4.98 Å². The van der Waals surface area contributed by atoms with Crippen LogP contribution in [0.4, 0.5) is 0 Å². The number of phenols is 1. The number of rotatable bonds is 2. The molecule has 0 unspecified atom stereocenters. The Balaban J connectivity index is 2.08. The minimum absolute atomic E-state index is 0.00132. The molecule has 3 rings (SSSR count). The van der Waals surface area contributed by atoms with Gasteiger partial charge in [-0.05, 0) is 35.5 Å². The molecule has 144 valence electrons. The summed E-state index contributed by atoms with van der Waals surface area (Å²) in [7, 11) is 0. The molecule has 1 amide bonds. The van der Waals surface area contributed by atoms with Crippen molar-refractivity contribution in [1.29, 1.82) is 0 Å². The third-order valence-corrected chi connectivity index (χ3v) is 5.60. The lowest BCUT2D eigenvalue weighted by Gasteiger charge is -2.28. The van der Waals surface area contributed by atoms with Gasteiger partial charge in [-0.25, -0.2) is 4.98 Å². The minimum Gasteiger partial charge on any atom is -0.507 e. The molecule has 1 aromatic carbocycles. The van der Waals surface area contributed by atoms with Crippen molar-refractivity contribution < 1.29 is 9.90 Å². The first kappa shape index (κ1) is 19.6. The second kappa shape index (κ2) is 6.79. The maximum Gasteiger partial charge on any atom is 0.247 e. The van der Waals surface area contributed by atoms with Gasteiger partial charge in [0.15, 0.2) is 0 Å². The van der Waals surface area contributed by atoms with Crippen molar-refractivity contribution in [3.8, 4) is 17.0 Å². The largest absolute Gasteiger partial charge is 0.507 e. The van der Waals surface area contributed by atoms with Crippen molar-refractivity contribution in [3.63, 3.8) is 0 Å². The molecule has 27 heavy (non-hydrogen) atoms. The van der Waals surface area contributed by atoms with Crippen LogP contribution in [0.15, 0.2) is 23.1 Å². The lowest BCUT2D eigenvalue weighted by Crippen LogP contribution is -2.17. The van der Waals surface area contributed by atoms with Gasteiger partial charge >= 0.3 is 0 Å². The normalized spacial score (nSPS) is 16.8. The number of hydrogen-bond acceptors (Lipinski definition) is 4. The second-order valence-electron chi connectivity index (χ2n) is 9.17. The molecule has 0 atom stereocenters. The van der Waals surface area contributed by atoms with E-state index in [-0.39, 0.29) is 16.7 Å². The SMILES string of the molecule is CC(C)(C)c1cc(-c2csc(C=C3CCNC3=O)n2)cc(C(C)(C)C)c1O. The third kappa shape index (κ3) is 4.08. The van der Waals surface area contributed by atoms with Crippen molar-refractivity contribution in [3.05, 3.63) is 39.2 Å². The fourth-order valence-electron chi connectivity index (χ4n) is 3.24. The number of hydrogen-bond donors (Lipinski definition) is 2. The number of phenolic OH excluding ortho intramolecular Hbond substituents is 1. The summed E-state index contributed by atoms with van der Waals surface area (Å²) < 4.78 is 0. The van der Waals surface area contributed by atoms with Gasteiger partial charge in [-0.1, -0.05) is 41.5 Å². The van der Waals surface area contributed by atoms with Crippen LogP contribution in [0.1, 0.15) is 64.1 Å². The zero-order chi connectivity index (χ0) is 20.0. The van der Waals surface area contributed by atoms with Gasteiger partial charge in [0, 0.05) is 34.2 Å². The van der Waals surface area contributed by atoms with E-state index in [0.29, 0.717) is 12.3 Å². The summed E-state index contributed by atoms with van der Waals surface area (Å²) in [6.07, 6.45) is 2.63. The zero-order valence-corrected chi connectivity index (χ0v) is 17.8. The van der Waals surface area contributed by atoms with Crippen LogP contribution < -0.4 is 5.32 Å². The highest BCUT2D eigenvalue weighted by atomic mass is 32.1. The van der Waals surface area contributed by atoms with Crippen LogP contribution in [0.5, 0.6) is 5.75 Å². The van der Waals surface area contributed by atoms with Gasteiger partial charge in [0.25, 0.3) is 0 Å². The van der Waals surface area contributed by atoms with Gasteiger partial charge in [-0.2, -0.15) is 0 Å². The molecule has 0 bridgehead atoms. The number of carbonyl (C=O) groups is 1. The van der Waals surface area contributed by atoms with E-state index < -0.39 is 0 Å². The fraction of sp³-hybridized carbons (Fsp3) is 0.455. The van der Waals surface area contributed by atoms with Crippen molar-refractivity contribution in [2.45, 2.75) is 58.8 Å². The molecule has 5 heteroatoms. The van der Waals surface area contributed by atoms with Crippen LogP contribution in [0.25, 0.3) is 17.3 Å². The molecular formula is C22H28N2O2S. The first-order chi connectivity index (χ1) is 12.5. The molecule has 0 radical (unpaired) electrons. The molecule has 1 aliphatic rings. The Bertz CT molecular complexity index is 876. The highest BCUT2D eigenvalue weighted by Gasteiger charge is 2.27. The molecule has 1 aliphatic heterocycles. The van der Waals surface area contributed by atoms with E-state index in [0.717, 1.165) is 39.4 Å². The van der Waals surface area contributed by atoms with Crippen molar-refractivity contribution >= 4 is 23.3 Å². The van der Waals surface area contributed by atoms with Crippen LogP contribution >= 0.6 is 11.3 Å². The summed E-state index contributed by atoms with van der Waals surface area (Å²) in [5.41, 5.74) is 4.15. The van der Waals surface area contributed by atoms with Crippen LogP contribution in [0, 0.1) is 0 Å². The predicted octanol–water partition coefficient (Wildman–Crippen LogP) is 5.01. The molecule has 0 aliphatic carbocycles. The number of aromatic nitrogens is 1. The van der Waals surface area contributed by atoms with E-state index in [1.807, 2.05) is 23.6 Å².